The van der Waals surface area contributed by atoms with Gasteiger partial charge in [0.05, 0.1) is 24.6 Å². The molecule has 4 aliphatic rings. The van der Waals surface area contributed by atoms with Gasteiger partial charge in [0, 0.05) is 17.9 Å². The Balaban J connectivity index is 1.52. The van der Waals surface area contributed by atoms with E-state index in [9.17, 15) is 9.59 Å². The fraction of sp³-hybridized carbons (Fsp3) is 0.455. The van der Waals surface area contributed by atoms with E-state index in [1.165, 1.54) is 35.3 Å². The van der Waals surface area contributed by atoms with Gasteiger partial charge in [-0.05, 0) is 37.8 Å². The Morgan fingerprint density at radius 1 is 0.962 bits per heavy atom. The van der Waals surface area contributed by atoms with Gasteiger partial charge in [0.25, 0.3) is 0 Å². The average molecular weight is 349 g/mol. The van der Waals surface area contributed by atoms with E-state index in [4.69, 9.17) is 4.74 Å². The SMILES string of the molecule is COc1cccc(N2C(=O)C3C4C=CC(C4=C4CCCCC4)C3C2=O)c1. The molecule has 2 bridgehead atoms. The first-order valence-electron chi connectivity index (χ1n) is 9.62. The maximum absolute atomic E-state index is 13.2. The van der Waals surface area contributed by atoms with Gasteiger partial charge in [-0.3, -0.25) is 9.59 Å². The molecule has 5 rings (SSSR count). The van der Waals surface area contributed by atoms with Gasteiger partial charge in [-0.1, -0.05) is 35.8 Å². The smallest absolute Gasteiger partial charge is 0.238 e. The minimum absolute atomic E-state index is 0.0426. The second kappa shape index (κ2) is 5.83. The fourth-order valence-electron chi connectivity index (χ4n) is 5.51. The topological polar surface area (TPSA) is 46.6 Å². The Morgan fingerprint density at radius 2 is 1.62 bits per heavy atom. The summed E-state index contributed by atoms with van der Waals surface area (Å²) in [6.45, 7) is 0. The molecule has 2 amide bonds. The summed E-state index contributed by atoms with van der Waals surface area (Å²) in [7, 11) is 1.59. The maximum Gasteiger partial charge on any atom is 0.238 e. The first-order valence-corrected chi connectivity index (χ1v) is 9.62. The minimum atomic E-state index is -0.215. The lowest BCUT2D eigenvalue weighted by atomic mass is 9.85. The number of methoxy groups -OCH3 is 1. The summed E-state index contributed by atoms with van der Waals surface area (Å²) in [6.07, 6.45) is 10.4. The molecule has 3 fully saturated rings. The van der Waals surface area contributed by atoms with Gasteiger partial charge >= 0.3 is 0 Å². The van der Waals surface area contributed by atoms with E-state index in [2.05, 4.69) is 12.2 Å². The molecule has 26 heavy (non-hydrogen) atoms. The second-order valence-corrected chi connectivity index (χ2v) is 7.82. The molecule has 1 saturated heterocycles. The molecule has 4 nitrogen and oxygen atoms in total. The number of ether oxygens (including phenoxy) is 1. The predicted octanol–water partition coefficient (Wildman–Crippen LogP) is 3.88. The van der Waals surface area contributed by atoms with Crippen LogP contribution in [0.5, 0.6) is 5.75 Å². The highest BCUT2D eigenvalue weighted by atomic mass is 16.5. The van der Waals surface area contributed by atoms with Crippen molar-refractivity contribution in [1.29, 1.82) is 0 Å². The van der Waals surface area contributed by atoms with Crippen molar-refractivity contribution in [3.8, 4) is 5.75 Å². The van der Waals surface area contributed by atoms with Crippen LogP contribution >= 0.6 is 0 Å². The highest BCUT2D eigenvalue weighted by molar-refractivity contribution is 6.23. The molecule has 134 valence electrons. The van der Waals surface area contributed by atoms with Crippen LogP contribution in [-0.4, -0.2) is 18.9 Å². The fourth-order valence-corrected chi connectivity index (χ4v) is 5.51. The molecule has 0 radical (unpaired) electrons. The Hall–Kier alpha value is -2.36. The van der Waals surface area contributed by atoms with Crippen LogP contribution in [0.3, 0.4) is 0 Å². The lowest BCUT2D eigenvalue weighted by Crippen LogP contribution is -2.33. The van der Waals surface area contributed by atoms with Crippen LogP contribution in [-0.2, 0) is 9.59 Å². The quantitative estimate of drug-likeness (QED) is 0.601. The van der Waals surface area contributed by atoms with Crippen molar-refractivity contribution in [2.75, 3.05) is 12.0 Å². The number of allylic oxidation sites excluding steroid dienone is 4. The average Bonchev–Trinajstić information content (AvgIpc) is 3.32. The monoisotopic (exact) mass is 349 g/mol. The summed E-state index contributed by atoms with van der Waals surface area (Å²) in [5.74, 6) is 0.404. The molecule has 0 spiro atoms. The zero-order valence-electron chi connectivity index (χ0n) is 15.0. The Morgan fingerprint density at radius 3 is 2.23 bits per heavy atom. The van der Waals surface area contributed by atoms with E-state index in [0.29, 0.717) is 11.4 Å². The number of fused-ring (bicyclic) bond motifs is 5. The Labute approximate surface area is 153 Å². The summed E-state index contributed by atoms with van der Waals surface area (Å²) in [6, 6.07) is 7.24. The highest BCUT2D eigenvalue weighted by Crippen LogP contribution is 2.58. The van der Waals surface area contributed by atoms with Crippen LogP contribution in [0.15, 0.2) is 47.6 Å². The number of carbonyl (C=O) groups is 2. The number of amides is 2. The molecule has 4 unspecified atom stereocenters. The van der Waals surface area contributed by atoms with Crippen molar-refractivity contribution < 1.29 is 14.3 Å². The summed E-state index contributed by atoms with van der Waals surface area (Å²) in [5, 5.41) is 0. The maximum atomic E-state index is 13.2. The van der Waals surface area contributed by atoms with Gasteiger partial charge in [0.2, 0.25) is 11.8 Å². The van der Waals surface area contributed by atoms with Crippen molar-refractivity contribution in [2.24, 2.45) is 23.7 Å². The third-order valence-electron chi connectivity index (χ3n) is 6.59. The van der Waals surface area contributed by atoms with Crippen molar-refractivity contribution in [3.63, 3.8) is 0 Å². The third-order valence-corrected chi connectivity index (χ3v) is 6.59. The van der Waals surface area contributed by atoms with E-state index >= 15 is 0 Å². The van der Waals surface area contributed by atoms with Crippen LogP contribution in [0.4, 0.5) is 5.69 Å². The van der Waals surface area contributed by atoms with E-state index in [1.807, 2.05) is 18.2 Å². The molecule has 4 heteroatoms. The van der Waals surface area contributed by atoms with Crippen LogP contribution in [0.2, 0.25) is 0 Å². The summed E-state index contributed by atoms with van der Waals surface area (Å²) in [5.41, 5.74) is 3.56. The van der Waals surface area contributed by atoms with Crippen molar-refractivity contribution >= 4 is 17.5 Å². The zero-order valence-corrected chi connectivity index (χ0v) is 15.0. The molecule has 0 N–H and O–H groups in total. The second-order valence-electron chi connectivity index (χ2n) is 7.82. The number of imide groups is 1. The molecule has 1 aromatic rings. The van der Waals surface area contributed by atoms with Crippen LogP contribution in [0.1, 0.15) is 32.1 Å². The number of hydrogen-bond donors (Lipinski definition) is 0. The van der Waals surface area contributed by atoms with Crippen molar-refractivity contribution in [1.82, 2.24) is 0 Å². The molecule has 4 atom stereocenters. The van der Waals surface area contributed by atoms with Crippen LogP contribution in [0, 0.1) is 23.7 Å². The molecule has 3 aliphatic carbocycles. The third kappa shape index (κ3) is 2.08. The lowest BCUT2D eigenvalue weighted by Gasteiger charge is -2.23. The normalized spacial score (nSPS) is 32.6. The number of hydrogen-bond acceptors (Lipinski definition) is 3. The van der Waals surface area contributed by atoms with Gasteiger partial charge in [-0.25, -0.2) is 4.90 Å². The Kier molecular flexibility index (Phi) is 3.56. The van der Waals surface area contributed by atoms with Crippen LogP contribution in [0.25, 0.3) is 0 Å². The van der Waals surface area contributed by atoms with E-state index in [1.54, 1.807) is 13.2 Å². The van der Waals surface area contributed by atoms with Gasteiger partial charge in [0.15, 0.2) is 0 Å². The first kappa shape index (κ1) is 15.9. The molecule has 0 aromatic heterocycles. The number of rotatable bonds is 2. The van der Waals surface area contributed by atoms with Gasteiger partial charge in [-0.15, -0.1) is 0 Å². The standard InChI is InChI=1S/C22H23NO3/c1-26-15-9-5-8-14(12-15)23-21(24)19-16-10-11-17(20(19)22(23)25)18(16)13-6-3-2-4-7-13/h5,8-12,16-17,19-20H,2-4,6-7H2,1H3. The van der Waals surface area contributed by atoms with Gasteiger partial charge < -0.3 is 4.74 Å². The van der Waals surface area contributed by atoms with Gasteiger partial charge in [0.1, 0.15) is 5.75 Å². The molecule has 1 heterocycles. The minimum Gasteiger partial charge on any atom is -0.497 e. The first-order chi connectivity index (χ1) is 12.7. The van der Waals surface area contributed by atoms with Gasteiger partial charge in [-0.2, -0.15) is 0 Å². The number of anilines is 1. The largest absolute Gasteiger partial charge is 0.497 e. The molecular formula is C22H23NO3. The highest BCUT2D eigenvalue weighted by Gasteiger charge is 2.62. The van der Waals surface area contributed by atoms with Crippen molar-refractivity contribution in [3.05, 3.63) is 47.6 Å². The molecule has 1 aromatic carbocycles. The number of carbonyl (C=O) groups excluding carboxylic acids is 2. The zero-order chi connectivity index (χ0) is 17.8. The summed E-state index contributed by atoms with van der Waals surface area (Å²) < 4.78 is 5.26. The molecular weight excluding hydrogens is 326 g/mol. The van der Waals surface area contributed by atoms with E-state index < -0.39 is 0 Å². The van der Waals surface area contributed by atoms with E-state index in [0.717, 1.165) is 12.8 Å². The predicted molar refractivity (Wildman–Crippen MR) is 98.7 cm³/mol. The summed E-state index contributed by atoms with van der Waals surface area (Å²) in [4.78, 5) is 27.8. The van der Waals surface area contributed by atoms with Crippen molar-refractivity contribution in [2.45, 2.75) is 32.1 Å². The Bertz CT molecular complexity index is 811. The molecule has 1 aliphatic heterocycles. The number of benzene rings is 1. The van der Waals surface area contributed by atoms with Crippen LogP contribution < -0.4 is 9.64 Å². The summed E-state index contributed by atoms with van der Waals surface area (Å²) >= 11 is 0. The van der Waals surface area contributed by atoms with E-state index in [-0.39, 0.29) is 35.5 Å². The number of nitrogens with zero attached hydrogens (tertiary/aromatic N) is 1. The molecule has 2 saturated carbocycles. The lowest BCUT2D eigenvalue weighted by molar-refractivity contribution is -0.122.